The van der Waals surface area contributed by atoms with Gasteiger partial charge in [0.15, 0.2) is 0 Å². The van der Waals surface area contributed by atoms with Crippen molar-refractivity contribution in [3.63, 3.8) is 0 Å². The molecule has 0 atom stereocenters. The molecule has 17 aromatic carbocycles. The Labute approximate surface area is 718 Å². The van der Waals surface area contributed by atoms with Gasteiger partial charge in [-0.15, -0.1) is 0 Å². The first kappa shape index (κ1) is 44.3. The molecule has 3 aromatic heterocycles. The van der Waals surface area contributed by atoms with Gasteiger partial charge >= 0.3 is 0 Å². The zero-order valence-corrected chi connectivity index (χ0v) is 63.3. The van der Waals surface area contributed by atoms with Gasteiger partial charge < -0.3 is 23.4 Å². The zero-order chi connectivity index (χ0) is 104. The third-order valence-electron chi connectivity index (χ3n) is 22.3. The van der Waals surface area contributed by atoms with E-state index in [4.69, 9.17) is 12.6 Å². The highest BCUT2D eigenvalue weighted by Crippen LogP contribution is 2.56. The lowest BCUT2D eigenvalue weighted by Gasteiger charge is -2.46. The number of aromatic nitrogens is 2. The smallest absolute Gasteiger partial charge is 0.252 e. The van der Waals surface area contributed by atoms with Crippen molar-refractivity contribution in [3.8, 4) is 89.3 Å². The van der Waals surface area contributed by atoms with E-state index in [1.54, 1.807) is 9.80 Å². The minimum absolute atomic E-state index is 0.140. The minimum Gasteiger partial charge on any atom is -0.456 e. The van der Waals surface area contributed by atoms with Crippen molar-refractivity contribution >= 4 is 123 Å². The van der Waals surface area contributed by atoms with Gasteiger partial charge in [0, 0.05) is 88.7 Å². The van der Waals surface area contributed by atoms with E-state index in [9.17, 15) is 32.9 Å². The quantitative estimate of drug-likeness (QED) is 0.121. The van der Waals surface area contributed by atoms with Crippen LogP contribution in [-0.2, 0) is 10.8 Å². The maximum Gasteiger partial charge on any atom is 0.252 e. The van der Waals surface area contributed by atoms with E-state index in [2.05, 4.69) is 41.5 Å². The molecule has 0 spiro atoms. The number of hydrogen-bond acceptors (Lipinski definition) is 3. The SMILES string of the molecule is [2H]c1c([2H])c([2H])c(-c2c([2H])c([2H])c3c(c2[2H])c2c([2H])c([2H])c([2H])c([2H])c2n3-c2c([2H])c([2H])c3c(c2[2H])N(c2c(-c4ccccc4)cc(C(C)(C)C)cc2-c2ccccc2)c2cc(-c4ccc5oc6ccccc6c5c4)cc4c2B3c2c([2H])c([2H])c(-n3c5c([2H])c([2H])c([2H])c([2H])c5c5c([2H])c(-c6c([2H])c([2H])c([2H])c([2H])c6[2H])c([2H])c([2H])c53)c([2H])c2N4c2c(-c3ccccc3)cc(C(C)(C)C)cc2-c2ccccc2)c([2H])c1[2H]. The fourth-order valence-corrected chi connectivity index (χ4v) is 16.7. The maximum atomic E-state index is 12.1. The second kappa shape index (κ2) is 26.7. The molecule has 2 aliphatic heterocycles. The lowest BCUT2D eigenvalue weighted by molar-refractivity contribution is 0.590. The highest BCUT2D eigenvalue weighted by molar-refractivity contribution is 7.00. The third-order valence-corrected chi connectivity index (χ3v) is 22.3. The van der Waals surface area contributed by atoms with E-state index in [1.165, 1.54) is 0 Å². The van der Waals surface area contributed by atoms with Crippen molar-refractivity contribution in [2.45, 2.75) is 52.4 Å². The van der Waals surface area contributed by atoms with Gasteiger partial charge in [-0.25, -0.2) is 0 Å². The van der Waals surface area contributed by atoms with Crippen molar-refractivity contribution in [2.75, 3.05) is 9.80 Å². The number of rotatable bonds is 11. The molecule has 6 heteroatoms. The number of fused-ring (bicyclic) bond motifs is 13. The average Bonchev–Trinajstić information content (AvgIpc) is 1.14. The first-order valence-electron chi connectivity index (χ1n) is 53.1. The molecular formula is C110H81BN4O. The largest absolute Gasteiger partial charge is 0.456 e. The van der Waals surface area contributed by atoms with Crippen molar-refractivity contribution in [2.24, 2.45) is 0 Å². The second-order valence-corrected chi connectivity index (χ2v) is 31.2. The normalized spacial score (nSPS) is 16.3. The van der Waals surface area contributed by atoms with Crippen LogP contribution in [0.15, 0.2) is 386 Å². The summed E-state index contributed by atoms with van der Waals surface area (Å²) in [6.45, 7) is 10.4. The van der Waals surface area contributed by atoms with Gasteiger partial charge in [-0.3, -0.25) is 0 Å². The topological polar surface area (TPSA) is 29.5 Å². The third kappa shape index (κ3) is 11.1. The average molecular weight is 1520 g/mol. The Morgan fingerprint density at radius 2 is 0.664 bits per heavy atom. The summed E-state index contributed by atoms with van der Waals surface area (Å²) in [6.07, 6.45) is 0. The van der Waals surface area contributed by atoms with Crippen LogP contribution in [0.5, 0.6) is 0 Å². The molecule has 116 heavy (non-hydrogen) atoms. The summed E-state index contributed by atoms with van der Waals surface area (Å²) in [5.74, 6) is 0. The number of furan rings is 1. The Balaban J connectivity index is 1.01. The summed E-state index contributed by atoms with van der Waals surface area (Å²) >= 11 is 0. The van der Waals surface area contributed by atoms with Crippen molar-refractivity contribution in [1.82, 2.24) is 9.13 Å². The first-order chi connectivity index (χ1) is 69.3. The monoisotopic (exact) mass is 1510 g/mol. The number of hydrogen-bond donors (Lipinski definition) is 0. The van der Waals surface area contributed by atoms with Crippen molar-refractivity contribution in [3.05, 3.63) is 393 Å². The highest BCUT2D eigenvalue weighted by Gasteiger charge is 2.46. The summed E-state index contributed by atoms with van der Waals surface area (Å²) in [6, 6.07) is 36.1. The Hall–Kier alpha value is -14.2. The van der Waals surface area contributed by atoms with Crippen molar-refractivity contribution in [1.29, 1.82) is 0 Å². The van der Waals surface area contributed by atoms with Gasteiger partial charge in [0.25, 0.3) is 6.71 Å². The van der Waals surface area contributed by atoms with E-state index >= 15 is 0 Å². The van der Waals surface area contributed by atoms with Crippen LogP contribution >= 0.6 is 0 Å². The van der Waals surface area contributed by atoms with Crippen LogP contribution in [0.3, 0.4) is 0 Å². The predicted octanol–water partition coefficient (Wildman–Crippen LogP) is 28.1. The maximum absolute atomic E-state index is 12.1. The second-order valence-electron chi connectivity index (χ2n) is 31.2. The minimum atomic E-state index is -1.86. The number of anilines is 6. The Morgan fingerprint density at radius 3 is 1.09 bits per heavy atom. The van der Waals surface area contributed by atoms with E-state index in [0.29, 0.717) is 77.6 Å². The molecule has 5 nitrogen and oxygen atoms in total. The molecule has 0 N–H and O–H groups in total. The molecule has 0 fully saturated rings. The summed E-state index contributed by atoms with van der Waals surface area (Å²) < 4.78 is 310. The van der Waals surface area contributed by atoms with Crippen LogP contribution in [0, 0.1) is 0 Å². The fourth-order valence-electron chi connectivity index (χ4n) is 16.7. The molecule has 0 unspecified atom stereocenters. The number of nitrogens with zero attached hydrogens (tertiary/aromatic N) is 4. The molecule has 5 heterocycles. The number of benzene rings is 17. The van der Waals surface area contributed by atoms with Gasteiger partial charge in [0.05, 0.1) is 74.6 Å². The van der Waals surface area contributed by atoms with Gasteiger partial charge in [0.2, 0.25) is 0 Å². The lowest BCUT2D eigenvalue weighted by atomic mass is 9.33. The van der Waals surface area contributed by atoms with Gasteiger partial charge in [-0.05, 0) is 209 Å². The Bertz CT molecular complexity index is 8630. The van der Waals surface area contributed by atoms with Crippen LogP contribution in [-0.4, -0.2) is 15.8 Å². The number of para-hydroxylation sites is 3. The van der Waals surface area contributed by atoms with Crippen LogP contribution in [0.2, 0.25) is 0 Å². The Kier molecular flexibility index (Phi) is 10.2. The van der Waals surface area contributed by atoms with Crippen LogP contribution < -0.4 is 26.2 Å². The molecule has 22 rings (SSSR count). The van der Waals surface area contributed by atoms with E-state index in [-0.39, 0.29) is 50.5 Å². The zero-order valence-electron chi connectivity index (χ0n) is 93.3. The summed E-state index contributed by atoms with van der Waals surface area (Å²) in [5.41, 5.74) is -0.610. The predicted molar refractivity (Wildman–Crippen MR) is 492 cm³/mol. The lowest BCUT2D eigenvalue weighted by Crippen LogP contribution is -2.61. The Morgan fingerprint density at radius 1 is 0.276 bits per heavy atom. The molecular weight excluding hydrogens is 1400 g/mol. The van der Waals surface area contributed by atoms with E-state index in [1.807, 2.05) is 200 Å². The molecule has 0 saturated heterocycles. The molecule has 0 saturated carbocycles. The first-order valence-corrected chi connectivity index (χ1v) is 38.1. The van der Waals surface area contributed by atoms with Crippen LogP contribution in [0.25, 0.3) is 155 Å². The molecule has 2 aliphatic rings. The molecule has 0 amide bonds. The van der Waals surface area contributed by atoms with E-state index < -0.39 is 276 Å². The molecule has 0 radical (unpaired) electrons. The molecule has 0 bridgehead atoms. The standard InChI is InChI=1S/C110H81BN4O/c1-109(2,3)80-64-87(72-35-17-9-18-36-72)107(88(65-80)73-37-19-10-20-38-73)114-100-68-82(112-96-46-28-25-43-84(96)91-59-76(49-56-98(91)112)70-31-13-7-14-32-70)52-54-94(100)111-95-55-53-83(113-97-47-29-26-44-85(97)92-60-77(50-57-99(92)113)71-33-15-8-16-34-71)69-101(95)115(103-63-79(62-102(114)106(103)111)78-51-58-105-93(61-78)86-45-27-30-48-104(86)116-105)108-89(74-39-21-11-22-40-74)66-81(110(4,5)6)67-90(108)75-41-23-12-24-42-75/h7-69H,1-6H3/i7D,8D,13D,14D,15D,16D,25D,26D,28D,29D,31D,32D,33D,34D,43D,44D,46D,47D,49D,50D,52D,53D,54D,55D,56D,57D,59D,60D,68D,69D. The highest BCUT2D eigenvalue weighted by atomic mass is 16.3. The fraction of sp³-hybridized carbons (Fsp3) is 0.0727. The van der Waals surface area contributed by atoms with E-state index in [0.717, 1.165) is 20.3 Å². The molecule has 0 aliphatic carbocycles. The van der Waals surface area contributed by atoms with Gasteiger partial charge in [-0.1, -0.05) is 308 Å². The van der Waals surface area contributed by atoms with Crippen molar-refractivity contribution < 1.29 is 45.5 Å². The van der Waals surface area contributed by atoms with Gasteiger partial charge in [0.1, 0.15) is 11.2 Å². The summed E-state index contributed by atoms with van der Waals surface area (Å²) in [7, 11) is 0. The van der Waals surface area contributed by atoms with Crippen LogP contribution in [0.1, 0.15) is 93.8 Å². The summed E-state index contributed by atoms with van der Waals surface area (Å²) in [5, 5.41) is -0.835. The molecule has 550 valence electrons. The van der Waals surface area contributed by atoms with Crippen LogP contribution in [0.4, 0.5) is 34.1 Å². The molecule has 20 aromatic rings. The summed E-state index contributed by atoms with van der Waals surface area (Å²) in [4.78, 5) is 3.60. The van der Waals surface area contributed by atoms with Gasteiger partial charge in [-0.2, -0.15) is 0 Å².